The number of anilines is 1. The predicted molar refractivity (Wildman–Crippen MR) is 143 cm³/mol. The van der Waals surface area contributed by atoms with Crippen molar-refractivity contribution in [1.82, 2.24) is 4.57 Å². The first-order chi connectivity index (χ1) is 15.9. The van der Waals surface area contributed by atoms with E-state index in [-0.39, 0.29) is 11.1 Å². The molecular formula is C25H15Br2ClN2O2S. The second-order valence-corrected chi connectivity index (χ2v) is 10.8. The molecule has 8 heteroatoms. The minimum Gasteiger partial charge on any atom is -0.342 e. The van der Waals surface area contributed by atoms with Crippen molar-refractivity contribution >= 4 is 89.0 Å². The van der Waals surface area contributed by atoms with Crippen LogP contribution in [0.2, 0.25) is 5.02 Å². The zero-order chi connectivity index (χ0) is 23.1. The maximum atomic E-state index is 13.1. The van der Waals surface area contributed by atoms with E-state index in [1.165, 1.54) is 4.90 Å². The van der Waals surface area contributed by atoms with Gasteiger partial charge in [0.1, 0.15) is 0 Å². The molecule has 1 saturated heterocycles. The molecule has 1 aliphatic rings. The van der Waals surface area contributed by atoms with Crippen LogP contribution in [-0.4, -0.2) is 15.7 Å². The Morgan fingerprint density at radius 3 is 2.45 bits per heavy atom. The Morgan fingerprint density at radius 1 is 0.939 bits per heavy atom. The van der Waals surface area contributed by atoms with Crippen molar-refractivity contribution in [2.75, 3.05) is 4.90 Å². The standard InChI is InChI=1S/C25H15Br2ClN2O2S/c26-17-6-4-15(5-7-17)13-29-14-16(21-11-18(27)8-9-22(21)29)10-23-24(31)30(25(32)33-23)20-3-1-2-19(28)12-20/h1-12,14H,13H2/b23-10-. The molecule has 33 heavy (non-hydrogen) atoms. The number of benzene rings is 3. The first kappa shape index (κ1) is 22.5. The number of imide groups is 1. The number of thioether (sulfide) groups is 1. The topological polar surface area (TPSA) is 42.3 Å². The predicted octanol–water partition coefficient (Wildman–Crippen LogP) is 8.11. The lowest BCUT2D eigenvalue weighted by Gasteiger charge is -2.12. The van der Waals surface area contributed by atoms with Gasteiger partial charge in [0.25, 0.3) is 11.1 Å². The molecular weight excluding hydrogens is 588 g/mol. The van der Waals surface area contributed by atoms with Gasteiger partial charge >= 0.3 is 0 Å². The number of amides is 2. The van der Waals surface area contributed by atoms with Crippen LogP contribution < -0.4 is 4.90 Å². The van der Waals surface area contributed by atoms with Crippen molar-refractivity contribution in [3.05, 3.63) is 103 Å². The second-order valence-electron chi connectivity index (χ2n) is 7.50. The summed E-state index contributed by atoms with van der Waals surface area (Å²) in [7, 11) is 0. The number of carbonyl (C=O) groups is 2. The Hall–Kier alpha value is -2.32. The van der Waals surface area contributed by atoms with E-state index in [9.17, 15) is 9.59 Å². The lowest BCUT2D eigenvalue weighted by atomic mass is 10.1. The maximum absolute atomic E-state index is 13.1. The van der Waals surface area contributed by atoms with E-state index in [4.69, 9.17) is 11.6 Å². The van der Waals surface area contributed by atoms with Gasteiger partial charge in [0.15, 0.2) is 0 Å². The van der Waals surface area contributed by atoms with Crippen molar-refractivity contribution < 1.29 is 9.59 Å². The van der Waals surface area contributed by atoms with Crippen LogP contribution in [-0.2, 0) is 11.3 Å². The normalized spacial score (nSPS) is 15.2. The van der Waals surface area contributed by atoms with Crippen molar-refractivity contribution in [2.24, 2.45) is 0 Å². The zero-order valence-electron chi connectivity index (χ0n) is 17.0. The van der Waals surface area contributed by atoms with E-state index in [2.05, 4.69) is 48.6 Å². The Labute approximate surface area is 216 Å². The largest absolute Gasteiger partial charge is 0.342 e. The Bertz CT molecular complexity index is 1450. The zero-order valence-corrected chi connectivity index (χ0v) is 21.7. The number of carbonyl (C=O) groups excluding carboxylic acids is 2. The quantitative estimate of drug-likeness (QED) is 0.222. The van der Waals surface area contributed by atoms with Gasteiger partial charge in [0.05, 0.1) is 10.6 Å². The molecule has 0 aliphatic carbocycles. The molecule has 3 aromatic carbocycles. The van der Waals surface area contributed by atoms with Gasteiger partial charge in [-0.3, -0.25) is 9.59 Å². The van der Waals surface area contributed by atoms with E-state index < -0.39 is 0 Å². The van der Waals surface area contributed by atoms with Gasteiger partial charge < -0.3 is 4.57 Å². The fourth-order valence-electron chi connectivity index (χ4n) is 3.78. The SMILES string of the molecule is O=C1S/C(=C\c2cn(Cc3ccc(Br)cc3)c3ccc(Br)cc23)C(=O)N1c1cccc(Cl)c1. The van der Waals surface area contributed by atoms with E-state index >= 15 is 0 Å². The molecule has 4 aromatic rings. The average molecular weight is 603 g/mol. The van der Waals surface area contributed by atoms with Crippen LogP contribution in [0.3, 0.4) is 0 Å². The Morgan fingerprint density at radius 2 is 1.70 bits per heavy atom. The minimum absolute atomic E-state index is 0.340. The second kappa shape index (κ2) is 9.14. The van der Waals surface area contributed by atoms with Crippen LogP contribution in [0.25, 0.3) is 17.0 Å². The number of nitrogens with zero attached hydrogens (tertiary/aromatic N) is 2. The minimum atomic E-state index is -0.351. The van der Waals surface area contributed by atoms with Crippen LogP contribution in [0.15, 0.2) is 86.8 Å². The summed E-state index contributed by atoms with van der Waals surface area (Å²) in [6.07, 6.45) is 3.81. The van der Waals surface area contributed by atoms with Crippen molar-refractivity contribution in [2.45, 2.75) is 6.54 Å². The maximum Gasteiger partial charge on any atom is 0.298 e. The number of halogens is 3. The molecule has 1 aliphatic heterocycles. The van der Waals surface area contributed by atoms with Crippen molar-refractivity contribution in [1.29, 1.82) is 0 Å². The van der Waals surface area contributed by atoms with Crippen LogP contribution in [0.4, 0.5) is 10.5 Å². The summed E-state index contributed by atoms with van der Waals surface area (Å²) in [6.45, 7) is 0.684. The van der Waals surface area contributed by atoms with Crippen molar-refractivity contribution in [3.63, 3.8) is 0 Å². The van der Waals surface area contributed by atoms with Crippen LogP contribution >= 0.6 is 55.2 Å². The monoisotopic (exact) mass is 600 g/mol. The van der Waals surface area contributed by atoms with E-state index in [1.807, 2.05) is 36.5 Å². The van der Waals surface area contributed by atoms with Crippen LogP contribution in [0.5, 0.6) is 0 Å². The van der Waals surface area contributed by atoms with Gasteiger partial charge in [-0.05, 0) is 71.9 Å². The average Bonchev–Trinajstić information content (AvgIpc) is 3.25. The first-order valence-corrected chi connectivity index (χ1v) is 12.7. The highest BCUT2D eigenvalue weighted by Crippen LogP contribution is 2.38. The molecule has 0 atom stereocenters. The van der Waals surface area contributed by atoms with E-state index in [1.54, 1.807) is 30.3 Å². The molecule has 164 valence electrons. The first-order valence-electron chi connectivity index (χ1n) is 9.95. The summed E-state index contributed by atoms with van der Waals surface area (Å²) in [4.78, 5) is 27.3. The molecule has 1 fully saturated rings. The molecule has 0 N–H and O–H groups in total. The van der Waals surface area contributed by atoms with Crippen molar-refractivity contribution in [3.8, 4) is 0 Å². The molecule has 0 bridgehead atoms. The Balaban J connectivity index is 1.54. The number of rotatable bonds is 4. The summed E-state index contributed by atoms with van der Waals surface area (Å²) < 4.78 is 4.12. The fourth-order valence-corrected chi connectivity index (χ4v) is 5.42. The van der Waals surface area contributed by atoms with Gasteiger partial charge in [0, 0.05) is 43.2 Å². The molecule has 0 radical (unpaired) electrons. The lowest BCUT2D eigenvalue weighted by Crippen LogP contribution is -2.27. The molecule has 0 unspecified atom stereocenters. The molecule has 1 aromatic heterocycles. The molecule has 5 rings (SSSR count). The highest BCUT2D eigenvalue weighted by Gasteiger charge is 2.36. The molecule has 0 saturated carbocycles. The van der Waals surface area contributed by atoms with Gasteiger partial charge in [-0.2, -0.15) is 0 Å². The van der Waals surface area contributed by atoms with E-state index in [0.717, 1.165) is 42.7 Å². The molecule has 0 spiro atoms. The van der Waals surface area contributed by atoms with Crippen LogP contribution in [0, 0.1) is 0 Å². The van der Waals surface area contributed by atoms with Gasteiger partial charge in [-0.25, -0.2) is 4.90 Å². The summed E-state index contributed by atoms with van der Waals surface area (Å²) >= 11 is 14.0. The summed E-state index contributed by atoms with van der Waals surface area (Å²) in [5.41, 5.74) is 3.54. The smallest absolute Gasteiger partial charge is 0.298 e. The number of fused-ring (bicyclic) bond motifs is 1. The number of hydrogen-bond acceptors (Lipinski definition) is 3. The third-order valence-corrected chi connectivity index (χ3v) is 7.41. The highest BCUT2D eigenvalue weighted by molar-refractivity contribution is 9.10. The van der Waals surface area contributed by atoms with Gasteiger partial charge in [-0.1, -0.05) is 61.7 Å². The summed E-state index contributed by atoms with van der Waals surface area (Å²) in [5, 5.41) is 1.13. The van der Waals surface area contributed by atoms with Crippen LogP contribution in [0.1, 0.15) is 11.1 Å². The summed E-state index contributed by atoms with van der Waals surface area (Å²) in [5.74, 6) is -0.351. The highest BCUT2D eigenvalue weighted by atomic mass is 79.9. The number of hydrogen-bond donors (Lipinski definition) is 0. The van der Waals surface area contributed by atoms with E-state index in [0.29, 0.717) is 22.2 Å². The Kier molecular flexibility index (Phi) is 6.22. The summed E-state index contributed by atoms with van der Waals surface area (Å²) in [6, 6.07) is 21.0. The third-order valence-electron chi connectivity index (χ3n) is 5.29. The fraction of sp³-hybridized carbons (Fsp3) is 0.0400. The lowest BCUT2D eigenvalue weighted by molar-refractivity contribution is -0.113. The molecule has 4 nitrogen and oxygen atoms in total. The van der Waals surface area contributed by atoms with Gasteiger partial charge in [0.2, 0.25) is 0 Å². The third kappa shape index (κ3) is 4.55. The molecule has 2 heterocycles. The molecule has 2 amide bonds. The number of aromatic nitrogens is 1. The van der Waals surface area contributed by atoms with Gasteiger partial charge in [-0.15, -0.1) is 0 Å².